The Morgan fingerprint density at radius 1 is 1.21 bits per heavy atom. The van der Waals surface area contributed by atoms with Crippen molar-refractivity contribution in [3.8, 4) is 0 Å². The maximum Gasteiger partial charge on any atom is 0.310 e. The molecule has 2 aliphatic heterocycles. The molecule has 0 aromatic carbocycles. The highest BCUT2D eigenvalue weighted by atomic mass is 127. The van der Waals surface area contributed by atoms with Crippen molar-refractivity contribution >= 4 is 35.9 Å². The van der Waals surface area contributed by atoms with Crippen LogP contribution >= 0.6 is 24.0 Å². The highest BCUT2D eigenvalue weighted by Gasteiger charge is 2.40. The first-order chi connectivity index (χ1) is 13.1. The summed E-state index contributed by atoms with van der Waals surface area (Å²) in [6, 6.07) is 0. The number of guanidine groups is 1. The van der Waals surface area contributed by atoms with E-state index in [0.717, 1.165) is 45.4 Å². The number of likely N-dealkylation sites (tertiary alicyclic amines) is 1. The van der Waals surface area contributed by atoms with Crippen LogP contribution in [0.15, 0.2) is 4.99 Å². The number of halogens is 1. The molecule has 0 amide bonds. The first kappa shape index (κ1) is 23.7. The zero-order valence-electron chi connectivity index (χ0n) is 17.6. The van der Waals surface area contributed by atoms with Crippen molar-refractivity contribution in [2.45, 2.75) is 44.6 Å². The molecular formula is C20H37IN4O3. The van der Waals surface area contributed by atoms with E-state index >= 15 is 0 Å². The van der Waals surface area contributed by atoms with Crippen molar-refractivity contribution in [2.75, 3.05) is 60.1 Å². The monoisotopic (exact) mass is 508 g/mol. The number of carbonyl (C=O) groups is 1. The van der Waals surface area contributed by atoms with Crippen LogP contribution in [-0.4, -0.2) is 87.4 Å². The fourth-order valence-electron chi connectivity index (χ4n) is 5.03. The molecule has 0 radical (unpaired) electrons. The maximum absolute atomic E-state index is 12.0. The number of hydrogen-bond donors (Lipinski definition) is 1. The summed E-state index contributed by atoms with van der Waals surface area (Å²) >= 11 is 0. The fraction of sp³-hybridized carbons (Fsp3) is 0.900. The molecule has 1 aliphatic carbocycles. The van der Waals surface area contributed by atoms with Crippen LogP contribution in [0.25, 0.3) is 0 Å². The lowest BCUT2D eigenvalue weighted by molar-refractivity contribution is -0.145. The van der Waals surface area contributed by atoms with Gasteiger partial charge < -0.3 is 19.7 Å². The molecule has 2 saturated heterocycles. The molecule has 0 bridgehead atoms. The van der Waals surface area contributed by atoms with E-state index in [4.69, 9.17) is 9.47 Å². The van der Waals surface area contributed by atoms with Gasteiger partial charge in [-0.2, -0.15) is 0 Å². The van der Waals surface area contributed by atoms with Crippen molar-refractivity contribution in [3.05, 3.63) is 0 Å². The standard InChI is InChI=1S/C20H36N4O3.HI/c1-16-13-23(14-17(16)18(25)26-3)19(21-2)22-15-20(7-5-4-6-8-20)24-9-11-27-12-10-24;/h16-17H,4-15H2,1-3H3,(H,21,22);1H. The zero-order valence-corrected chi connectivity index (χ0v) is 19.9. The number of methoxy groups -OCH3 is 1. The third kappa shape index (κ3) is 5.30. The van der Waals surface area contributed by atoms with E-state index < -0.39 is 0 Å². The Morgan fingerprint density at radius 2 is 1.89 bits per heavy atom. The summed E-state index contributed by atoms with van der Waals surface area (Å²) in [7, 11) is 3.31. The summed E-state index contributed by atoms with van der Waals surface area (Å²) in [5.41, 5.74) is 0.199. The maximum atomic E-state index is 12.0. The Morgan fingerprint density at radius 3 is 2.50 bits per heavy atom. The largest absolute Gasteiger partial charge is 0.469 e. The molecule has 2 unspecified atom stereocenters. The van der Waals surface area contributed by atoms with Gasteiger partial charge in [0.2, 0.25) is 0 Å². The van der Waals surface area contributed by atoms with Crippen LogP contribution < -0.4 is 5.32 Å². The van der Waals surface area contributed by atoms with Crippen LogP contribution in [0.2, 0.25) is 0 Å². The Labute approximate surface area is 186 Å². The average molecular weight is 508 g/mol. The van der Waals surface area contributed by atoms with Gasteiger partial charge in [0.05, 0.1) is 26.2 Å². The van der Waals surface area contributed by atoms with Crippen molar-refractivity contribution in [2.24, 2.45) is 16.8 Å². The first-order valence-corrected chi connectivity index (χ1v) is 10.5. The van der Waals surface area contributed by atoms with E-state index in [-0.39, 0.29) is 47.3 Å². The molecule has 162 valence electrons. The van der Waals surface area contributed by atoms with Gasteiger partial charge in [0.15, 0.2) is 5.96 Å². The summed E-state index contributed by atoms with van der Waals surface area (Å²) in [6.45, 7) is 8.25. The summed E-state index contributed by atoms with van der Waals surface area (Å²) < 4.78 is 10.6. The molecule has 28 heavy (non-hydrogen) atoms. The van der Waals surface area contributed by atoms with Gasteiger partial charge in [0.25, 0.3) is 0 Å². The zero-order chi connectivity index (χ0) is 19.3. The van der Waals surface area contributed by atoms with Gasteiger partial charge in [-0.3, -0.25) is 14.7 Å². The van der Waals surface area contributed by atoms with Gasteiger partial charge in [-0.15, -0.1) is 24.0 Å². The highest BCUT2D eigenvalue weighted by molar-refractivity contribution is 14.0. The van der Waals surface area contributed by atoms with E-state index in [1.165, 1.54) is 39.2 Å². The van der Waals surface area contributed by atoms with Crippen LogP contribution in [0, 0.1) is 11.8 Å². The fourth-order valence-corrected chi connectivity index (χ4v) is 5.03. The third-order valence-electron chi connectivity index (χ3n) is 6.67. The van der Waals surface area contributed by atoms with Gasteiger partial charge >= 0.3 is 5.97 Å². The van der Waals surface area contributed by atoms with Gasteiger partial charge in [0, 0.05) is 45.3 Å². The minimum absolute atomic E-state index is 0. The van der Waals surface area contributed by atoms with Crippen molar-refractivity contribution in [3.63, 3.8) is 0 Å². The lowest BCUT2D eigenvalue weighted by Gasteiger charge is -2.48. The van der Waals surface area contributed by atoms with Crippen molar-refractivity contribution in [1.82, 2.24) is 15.1 Å². The van der Waals surface area contributed by atoms with Gasteiger partial charge in [-0.25, -0.2) is 0 Å². The number of nitrogens with one attached hydrogen (secondary N) is 1. The number of rotatable bonds is 4. The number of carbonyl (C=O) groups excluding carboxylic acids is 1. The lowest BCUT2D eigenvalue weighted by atomic mass is 9.80. The number of aliphatic imine (C=N–C) groups is 1. The number of hydrogen-bond acceptors (Lipinski definition) is 5. The molecule has 1 saturated carbocycles. The molecule has 0 aromatic rings. The smallest absolute Gasteiger partial charge is 0.310 e. The van der Waals surface area contributed by atoms with Crippen molar-refractivity contribution in [1.29, 1.82) is 0 Å². The summed E-state index contributed by atoms with van der Waals surface area (Å²) in [5, 5.41) is 3.66. The molecule has 0 aromatic heterocycles. The average Bonchev–Trinajstić information content (AvgIpc) is 3.10. The summed E-state index contributed by atoms with van der Waals surface area (Å²) in [6.07, 6.45) is 6.40. The van der Waals surface area contributed by atoms with E-state index in [1.807, 2.05) is 7.05 Å². The number of nitrogens with zero attached hydrogens (tertiary/aromatic N) is 3. The predicted molar refractivity (Wildman–Crippen MR) is 121 cm³/mol. The molecule has 8 heteroatoms. The van der Waals surface area contributed by atoms with E-state index in [9.17, 15) is 4.79 Å². The van der Waals surface area contributed by atoms with Gasteiger partial charge in [-0.1, -0.05) is 26.2 Å². The summed E-state index contributed by atoms with van der Waals surface area (Å²) in [4.78, 5) is 21.4. The van der Waals surface area contributed by atoms with E-state index in [1.54, 1.807) is 0 Å². The number of ether oxygens (including phenoxy) is 2. The minimum Gasteiger partial charge on any atom is -0.469 e. The van der Waals surface area contributed by atoms with Gasteiger partial charge in [-0.05, 0) is 18.8 Å². The quantitative estimate of drug-likeness (QED) is 0.271. The number of esters is 1. The molecule has 3 fully saturated rings. The van der Waals surface area contributed by atoms with Crippen molar-refractivity contribution < 1.29 is 14.3 Å². The topological polar surface area (TPSA) is 66.4 Å². The van der Waals surface area contributed by atoms with Crippen LogP contribution in [0.1, 0.15) is 39.0 Å². The molecule has 1 N–H and O–H groups in total. The van der Waals surface area contributed by atoms with Crippen LogP contribution in [0.5, 0.6) is 0 Å². The number of morpholine rings is 1. The van der Waals surface area contributed by atoms with E-state index in [2.05, 4.69) is 27.0 Å². The van der Waals surface area contributed by atoms with E-state index in [0.29, 0.717) is 6.54 Å². The minimum atomic E-state index is -0.113. The SMILES string of the molecule is CN=C(NCC1(N2CCOCC2)CCCCC1)N1CC(C)C(C(=O)OC)C1.I. The first-order valence-electron chi connectivity index (χ1n) is 10.5. The normalized spacial score (nSPS) is 28.5. The second-order valence-electron chi connectivity index (χ2n) is 8.30. The third-order valence-corrected chi connectivity index (χ3v) is 6.67. The second kappa shape index (κ2) is 11.0. The van der Waals surface area contributed by atoms with Gasteiger partial charge in [0.1, 0.15) is 0 Å². The highest BCUT2D eigenvalue weighted by Crippen LogP contribution is 2.34. The Bertz CT molecular complexity index is 534. The lowest BCUT2D eigenvalue weighted by Crippen LogP contribution is -2.60. The Kier molecular flexibility index (Phi) is 9.27. The Hall–Kier alpha value is -0.610. The molecule has 2 atom stereocenters. The summed E-state index contributed by atoms with van der Waals surface area (Å²) in [5.74, 6) is 0.999. The molecule has 7 nitrogen and oxygen atoms in total. The molecule has 3 aliphatic rings. The molecule has 3 rings (SSSR count). The molecule has 0 spiro atoms. The van der Waals surface area contributed by atoms with Crippen LogP contribution in [0.3, 0.4) is 0 Å². The van der Waals surface area contributed by atoms with Crippen LogP contribution in [-0.2, 0) is 14.3 Å². The molecule has 2 heterocycles. The predicted octanol–water partition coefficient (Wildman–Crippen LogP) is 1.96. The Balaban J connectivity index is 0.00000280. The van der Waals surface area contributed by atoms with Crippen LogP contribution in [0.4, 0.5) is 0 Å². The second-order valence-corrected chi connectivity index (χ2v) is 8.30. The molecular weight excluding hydrogens is 471 g/mol.